The van der Waals surface area contributed by atoms with E-state index in [-0.39, 0.29) is 19.7 Å². The number of aliphatic hydroxyl groups is 1. The van der Waals surface area contributed by atoms with Crippen molar-refractivity contribution in [2.75, 3.05) is 44.6 Å². The first-order valence-corrected chi connectivity index (χ1v) is 7.42. The number of aliphatic hydroxyl groups excluding tert-OH is 1. The van der Waals surface area contributed by atoms with E-state index in [0.29, 0.717) is 19.6 Å². The Labute approximate surface area is 136 Å². The molecule has 6 nitrogen and oxygen atoms in total. The van der Waals surface area contributed by atoms with E-state index < -0.39 is 29.2 Å². The van der Waals surface area contributed by atoms with Gasteiger partial charge in [0.15, 0.2) is 0 Å². The summed E-state index contributed by atoms with van der Waals surface area (Å²) < 4.78 is 38.7. The number of nitrogens with one attached hydrogen (secondary N) is 1. The van der Waals surface area contributed by atoms with Crippen LogP contribution in [0.1, 0.15) is 5.56 Å². The topological polar surface area (TPSA) is 72.9 Å². The first kappa shape index (κ1) is 18.2. The van der Waals surface area contributed by atoms with Crippen molar-refractivity contribution in [1.82, 2.24) is 9.80 Å². The number of anilines is 1. The van der Waals surface area contributed by atoms with Crippen molar-refractivity contribution in [3.8, 4) is 0 Å². The van der Waals surface area contributed by atoms with Crippen LogP contribution in [0.4, 0.5) is 18.9 Å². The molecule has 1 fully saturated rings. The minimum Gasteiger partial charge on any atom is -0.395 e. The van der Waals surface area contributed by atoms with E-state index in [1.165, 1.54) is 17.0 Å². The van der Waals surface area contributed by atoms with Gasteiger partial charge in [-0.05, 0) is 12.1 Å². The summed E-state index contributed by atoms with van der Waals surface area (Å²) >= 11 is 0. The molecule has 0 aromatic heterocycles. The van der Waals surface area contributed by atoms with Gasteiger partial charge in [-0.2, -0.15) is 13.2 Å². The maximum Gasteiger partial charge on any atom is 0.418 e. The second-order valence-corrected chi connectivity index (χ2v) is 5.35. The van der Waals surface area contributed by atoms with Crippen molar-refractivity contribution >= 4 is 17.5 Å². The predicted molar refractivity (Wildman–Crippen MR) is 80.2 cm³/mol. The first-order valence-electron chi connectivity index (χ1n) is 7.42. The molecule has 0 atom stereocenters. The van der Waals surface area contributed by atoms with E-state index in [1.54, 1.807) is 0 Å². The second-order valence-electron chi connectivity index (χ2n) is 5.35. The highest BCUT2D eigenvalue weighted by Crippen LogP contribution is 2.34. The molecule has 0 spiro atoms. The normalized spacial score (nSPS) is 16.1. The molecule has 0 unspecified atom stereocenters. The smallest absolute Gasteiger partial charge is 0.395 e. The molecule has 132 valence electrons. The summed E-state index contributed by atoms with van der Waals surface area (Å²) in [5.74, 6) is -1.96. The summed E-state index contributed by atoms with van der Waals surface area (Å²) in [6.45, 7) is 2.05. The predicted octanol–water partition coefficient (Wildman–Crippen LogP) is 0.780. The van der Waals surface area contributed by atoms with Crippen LogP contribution in [0.2, 0.25) is 0 Å². The van der Waals surface area contributed by atoms with Gasteiger partial charge >= 0.3 is 18.0 Å². The number of carbonyl (C=O) groups is 2. The molecule has 2 amide bonds. The summed E-state index contributed by atoms with van der Waals surface area (Å²) in [5.41, 5.74) is -1.44. The quantitative estimate of drug-likeness (QED) is 0.794. The Kier molecular flexibility index (Phi) is 5.79. The SMILES string of the molecule is O=C(Nc1ccccc1C(F)(F)F)C(=O)N1CCN(CCO)CC1. The van der Waals surface area contributed by atoms with Crippen molar-refractivity contribution in [3.05, 3.63) is 29.8 Å². The van der Waals surface area contributed by atoms with E-state index >= 15 is 0 Å². The molecule has 9 heteroatoms. The highest BCUT2D eigenvalue weighted by Gasteiger charge is 2.34. The zero-order valence-electron chi connectivity index (χ0n) is 12.8. The Morgan fingerprint density at radius 3 is 2.33 bits per heavy atom. The highest BCUT2D eigenvalue weighted by atomic mass is 19.4. The number of benzene rings is 1. The Bertz CT molecular complexity index is 599. The first-order chi connectivity index (χ1) is 11.3. The molecule has 0 bridgehead atoms. The lowest BCUT2D eigenvalue weighted by molar-refractivity contribution is -0.144. The molecule has 0 aliphatic carbocycles. The third-order valence-electron chi connectivity index (χ3n) is 3.75. The van der Waals surface area contributed by atoms with Gasteiger partial charge < -0.3 is 15.3 Å². The van der Waals surface area contributed by atoms with Crippen LogP contribution < -0.4 is 5.32 Å². The molecule has 1 heterocycles. The van der Waals surface area contributed by atoms with Crippen LogP contribution in [-0.4, -0.2) is 66.1 Å². The van der Waals surface area contributed by atoms with Gasteiger partial charge in [-0.25, -0.2) is 0 Å². The van der Waals surface area contributed by atoms with Crippen LogP contribution in [-0.2, 0) is 15.8 Å². The number of halogens is 3. The fourth-order valence-electron chi connectivity index (χ4n) is 2.47. The van der Waals surface area contributed by atoms with Gasteiger partial charge in [-0.1, -0.05) is 12.1 Å². The van der Waals surface area contributed by atoms with Gasteiger partial charge in [-0.15, -0.1) is 0 Å². The van der Waals surface area contributed by atoms with E-state index in [4.69, 9.17) is 5.11 Å². The lowest BCUT2D eigenvalue weighted by Crippen LogP contribution is -2.52. The third-order valence-corrected chi connectivity index (χ3v) is 3.75. The molecule has 0 radical (unpaired) electrons. The Morgan fingerprint density at radius 1 is 1.12 bits per heavy atom. The van der Waals surface area contributed by atoms with Gasteiger partial charge in [0.1, 0.15) is 0 Å². The van der Waals surface area contributed by atoms with Crippen molar-refractivity contribution < 1.29 is 27.9 Å². The number of piperazine rings is 1. The zero-order chi connectivity index (χ0) is 17.7. The summed E-state index contributed by atoms with van der Waals surface area (Å²) in [5, 5.41) is 10.9. The van der Waals surface area contributed by atoms with Gasteiger partial charge in [0.25, 0.3) is 0 Å². The Hall–Kier alpha value is -2.13. The number of hydrogen-bond acceptors (Lipinski definition) is 4. The van der Waals surface area contributed by atoms with E-state index in [1.807, 2.05) is 10.2 Å². The summed E-state index contributed by atoms with van der Waals surface area (Å²) in [6, 6.07) is 4.50. The second kappa shape index (κ2) is 7.63. The van der Waals surface area contributed by atoms with Crippen LogP contribution in [0, 0.1) is 0 Å². The fourth-order valence-corrected chi connectivity index (χ4v) is 2.47. The summed E-state index contributed by atoms with van der Waals surface area (Å²) in [6.07, 6.45) is -4.62. The molecular weight excluding hydrogens is 327 g/mol. The van der Waals surface area contributed by atoms with Crippen LogP contribution >= 0.6 is 0 Å². The summed E-state index contributed by atoms with van der Waals surface area (Å²) in [7, 11) is 0. The average molecular weight is 345 g/mol. The maximum absolute atomic E-state index is 12.9. The highest BCUT2D eigenvalue weighted by molar-refractivity contribution is 6.39. The monoisotopic (exact) mass is 345 g/mol. The van der Waals surface area contributed by atoms with Crippen LogP contribution in [0.3, 0.4) is 0 Å². The standard InChI is InChI=1S/C15H18F3N3O3/c16-15(17,18)11-3-1-2-4-12(11)19-13(23)14(24)21-7-5-20(6-8-21)9-10-22/h1-4,22H,5-10H2,(H,19,23). The van der Waals surface area contributed by atoms with Crippen LogP contribution in [0.15, 0.2) is 24.3 Å². The van der Waals surface area contributed by atoms with Crippen molar-refractivity contribution in [1.29, 1.82) is 0 Å². The maximum atomic E-state index is 12.9. The minimum atomic E-state index is -4.62. The molecule has 1 saturated heterocycles. The van der Waals surface area contributed by atoms with Gasteiger partial charge in [0.05, 0.1) is 17.9 Å². The molecule has 0 saturated carbocycles. The minimum absolute atomic E-state index is 0.00264. The molecular formula is C15H18F3N3O3. The summed E-state index contributed by atoms with van der Waals surface area (Å²) in [4.78, 5) is 27.3. The lowest BCUT2D eigenvalue weighted by Gasteiger charge is -2.33. The fraction of sp³-hybridized carbons (Fsp3) is 0.467. The van der Waals surface area contributed by atoms with E-state index in [0.717, 1.165) is 12.1 Å². The van der Waals surface area contributed by atoms with E-state index in [9.17, 15) is 22.8 Å². The number of alkyl halides is 3. The Balaban J connectivity index is 2.00. The number of para-hydroxylation sites is 1. The van der Waals surface area contributed by atoms with E-state index in [2.05, 4.69) is 0 Å². The zero-order valence-corrected chi connectivity index (χ0v) is 12.8. The number of nitrogens with zero attached hydrogens (tertiary/aromatic N) is 2. The van der Waals surface area contributed by atoms with Crippen molar-refractivity contribution in [2.45, 2.75) is 6.18 Å². The van der Waals surface area contributed by atoms with Gasteiger partial charge in [0, 0.05) is 32.7 Å². The molecule has 1 aromatic carbocycles. The number of β-amino-alcohol motifs (C(OH)–C–C–N with tert-alkyl or cyclic N) is 1. The number of amides is 2. The largest absolute Gasteiger partial charge is 0.418 e. The molecule has 1 aliphatic heterocycles. The number of hydrogen-bond donors (Lipinski definition) is 2. The molecule has 24 heavy (non-hydrogen) atoms. The van der Waals surface area contributed by atoms with Gasteiger partial charge in [-0.3, -0.25) is 14.5 Å². The van der Waals surface area contributed by atoms with Crippen molar-refractivity contribution in [3.63, 3.8) is 0 Å². The molecule has 2 rings (SSSR count). The van der Waals surface area contributed by atoms with Gasteiger partial charge in [0.2, 0.25) is 0 Å². The van der Waals surface area contributed by atoms with Crippen LogP contribution in [0.25, 0.3) is 0 Å². The number of carbonyl (C=O) groups excluding carboxylic acids is 2. The molecule has 2 N–H and O–H groups in total. The molecule has 1 aliphatic rings. The lowest BCUT2D eigenvalue weighted by atomic mass is 10.1. The number of rotatable bonds is 3. The van der Waals surface area contributed by atoms with Crippen LogP contribution in [0.5, 0.6) is 0 Å². The average Bonchev–Trinajstić information content (AvgIpc) is 2.54. The Morgan fingerprint density at radius 2 is 1.75 bits per heavy atom. The third kappa shape index (κ3) is 4.45. The molecule has 1 aromatic rings. The van der Waals surface area contributed by atoms with Crippen molar-refractivity contribution in [2.24, 2.45) is 0 Å².